The van der Waals surface area contributed by atoms with E-state index < -0.39 is 5.97 Å². The monoisotopic (exact) mass is 263 g/mol. The molecule has 104 valence electrons. The summed E-state index contributed by atoms with van der Waals surface area (Å²) in [5, 5.41) is 9.16. The standard InChI is InChI=1S/C15H21NO3/c1-19-10-9-16(13-7-8-13)14(11-15(17)18)12-5-3-2-4-6-12/h2-6,13-14H,7-11H2,1H3,(H,17,18). The number of carboxylic acids is 1. The van der Waals surface area contributed by atoms with Crippen molar-refractivity contribution < 1.29 is 14.6 Å². The molecule has 4 nitrogen and oxygen atoms in total. The van der Waals surface area contributed by atoms with Gasteiger partial charge in [-0.25, -0.2) is 0 Å². The highest BCUT2D eigenvalue weighted by Gasteiger charge is 2.35. The molecule has 0 amide bonds. The third kappa shape index (κ3) is 4.04. The molecule has 0 bridgehead atoms. The molecule has 0 aliphatic heterocycles. The lowest BCUT2D eigenvalue weighted by Gasteiger charge is -2.31. The third-order valence-electron chi connectivity index (χ3n) is 3.52. The molecule has 0 radical (unpaired) electrons. The Bertz CT molecular complexity index is 403. The van der Waals surface area contributed by atoms with Gasteiger partial charge in [0.05, 0.1) is 13.0 Å². The highest BCUT2D eigenvalue weighted by Crippen LogP contribution is 2.35. The molecule has 1 aromatic rings. The SMILES string of the molecule is COCCN(C1CC1)C(CC(=O)O)c1ccccc1. The van der Waals surface area contributed by atoms with Crippen molar-refractivity contribution >= 4 is 5.97 Å². The van der Waals surface area contributed by atoms with Gasteiger partial charge in [0.2, 0.25) is 0 Å². The van der Waals surface area contributed by atoms with Crippen LogP contribution in [0.5, 0.6) is 0 Å². The Kier molecular flexibility index (Phi) is 4.93. The van der Waals surface area contributed by atoms with Crippen molar-refractivity contribution in [1.29, 1.82) is 0 Å². The summed E-state index contributed by atoms with van der Waals surface area (Å²) in [6.07, 6.45) is 2.46. The number of rotatable bonds is 8. The van der Waals surface area contributed by atoms with Crippen LogP contribution in [0.25, 0.3) is 0 Å². The summed E-state index contributed by atoms with van der Waals surface area (Å²) in [6, 6.07) is 10.4. The first-order chi connectivity index (χ1) is 9.22. The number of methoxy groups -OCH3 is 1. The van der Waals surface area contributed by atoms with E-state index in [4.69, 9.17) is 9.84 Å². The lowest BCUT2D eigenvalue weighted by molar-refractivity contribution is -0.138. The molecule has 0 aromatic heterocycles. The number of benzene rings is 1. The molecule has 1 fully saturated rings. The van der Waals surface area contributed by atoms with E-state index in [1.54, 1.807) is 7.11 Å². The van der Waals surface area contributed by atoms with Crippen LogP contribution in [-0.4, -0.2) is 42.3 Å². The van der Waals surface area contributed by atoms with Crippen LogP contribution < -0.4 is 0 Å². The van der Waals surface area contributed by atoms with Crippen LogP contribution in [0.1, 0.15) is 30.9 Å². The molecule has 4 heteroatoms. The number of aliphatic carboxylic acids is 1. The van der Waals surface area contributed by atoms with Gasteiger partial charge in [0.15, 0.2) is 0 Å². The van der Waals surface area contributed by atoms with Crippen LogP contribution in [0.2, 0.25) is 0 Å². The fourth-order valence-electron chi connectivity index (χ4n) is 2.46. The highest BCUT2D eigenvalue weighted by molar-refractivity contribution is 5.68. The van der Waals surface area contributed by atoms with E-state index in [1.165, 1.54) is 0 Å². The van der Waals surface area contributed by atoms with Crippen molar-refractivity contribution in [3.63, 3.8) is 0 Å². The molecule has 0 saturated heterocycles. The van der Waals surface area contributed by atoms with Gasteiger partial charge in [0.25, 0.3) is 0 Å². The minimum atomic E-state index is -0.753. The van der Waals surface area contributed by atoms with Gasteiger partial charge >= 0.3 is 5.97 Å². The predicted octanol–water partition coefficient (Wildman–Crippen LogP) is 2.31. The van der Waals surface area contributed by atoms with Gasteiger partial charge < -0.3 is 9.84 Å². The fourth-order valence-corrected chi connectivity index (χ4v) is 2.46. The molecule has 1 saturated carbocycles. The van der Waals surface area contributed by atoms with Gasteiger partial charge in [-0.1, -0.05) is 30.3 Å². The second-order valence-corrected chi connectivity index (χ2v) is 4.99. The normalized spacial score (nSPS) is 16.5. The first-order valence-corrected chi connectivity index (χ1v) is 6.73. The van der Waals surface area contributed by atoms with Crippen molar-refractivity contribution in [1.82, 2.24) is 4.90 Å². The smallest absolute Gasteiger partial charge is 0.305 e. The fraction of sp³-hybridized carbons (Fsp3) is 0.533. The van der Waals surface area contributed by atoms with E-state index in [2.05, 4.69) is 4.90 Å². The molecule has 1 aromatic carbocycles. The Morgan fingerprint density at radius 1 is 1.42 bits per heavy atom. The molecule has 0 spiro atoms. The number of carboxylic acid groups (broad SMARTS) is 1. The average Bonchev–Trinajstić information content (AvgIpc) is 3.23. The largest absolute Gasteiger partial charge is 0.481 e. The zero-order valence-electron chi connectivity index (χ0n) is 11.3. The Hall–Kier alpha value is -1.39. The maximum atomic E-state index is 11.1. The number of nitrogens with zero attached hydrogens (tertiary/aromatic N) is 1. The minimum absolute atomic E-state index is 0.0543. The van der Waals surface area contributed by atoms with Crippen molar-refractivity contribution in [2.75, 3.05) is 20.3 Å². The molecule has 1 aliphatic rings. The van der Waals surface area contributed by atoms with Gasteiger partial charge in [-0.15, -0.1) is 0 Å². The van der Waals surface area contributed by atoms with Crippen LogP contribution >= 0.6 is 0 Å². The van der Waals surface area contributed by atoms with Crippen LogP contribution in [0.4, 0.5) is 0 Å². The van der Waals surface area contributed by atoms with Gasteiger partial charge in [-0.05, 0) is 18.4 Å². The van der Waals surface area contributed by atoms with Gasteiger partial charge in [0, 0.05) is 25.7 Å². The Morgan fingerprint density at radius 3 is 2.63 bits per heavy atom. The number of carbonyl (C=O) groups is 1. The molecular formula is C15H21NO3. The van der Waals surface area contributed by atoms with E-state index in [0.29, 0.717) is 12.6 Å². The Morgan fingerprint density at radius 2 is 2.11 bits per heavy atom. The van der Waals surface area contributed by atoms with Crippen LogP contribution in [0.15, 0.2) is 30.3 Å². The predicted molar refractivity (Wildman–Crippen MR) is 73.0 cm³/mol. The molecular weight excluding hydrogens is 242 g/mol. The molecule has 2 rings (SSSR count). The molecule has 1 aliphatic carbocycles. The van der Waals surface area contributed by atoms with Crippen molar-refractivity contribution in [3.8, 4) is 0 Å². The molecule has 19 heavy (non-hydrogen) atoms. The zero-order chi connectivity index (χ0) is 13.7. The summed E-state index contributed by atoms with van der Waals surface area (Å²) in [5.74, 6) is -0.753. The van der Waals surface area contributed by atoms with E-state index in [1.807, 2.05) is 30.3 Å². The van der Waals surface area contributed by atoms with Gasteiger partial charge in [-0.2, -0.15) is 0 Å². The number of ether oxygens (including phenoxy) is 1. The van der Waals surface area contributed by atoms with E-state index in [9.17, 15) is 4.79 Å². The molecule has 1 atom stereocenters. The van der Waals surface area contributed by atoms with Crippen LogP contribution in [-0.2, 0) is 9.53 Å². The summed E-state index contributed by atoms with van der Waals surface area (Å²) in [6.45, 7) is 1.42. The van der Waals surface area contributed by atoms with Crippen molar-refractivity contribution in [3.05, 3.63) is 35.9 Å². The van der Waals surface area contributed by atoms with Crippen LogP contribution in [0.3, 0.4) is 0 Å². The number of hydrogen-bond donors (Lipinski definition) is 1. The van der Waals surface area contributed by atoms with Crippen LogP contribution in [0, 0.1) is 0 Å². The summed E-state index contributed by atoms with van der Waals surface area (Å²) in [7, 11) is 1.68. The summed E-state index contributed by atoms with van der Waals surface area (Å²) in [5.41, 5.74) is 1.08. The van der Waals surface area contributed by atoms with E-state index in [0.717, 1.165) is 24.9 Å². The summed E-state index contributed by atoms with van der Waals surface area (Å²) in [4.78, 5) is 13.4. The second kappa shape index (κ2) is 6.68. The van der Waals surface area contributed by atoms with Crippen molar-refractivity contribution in [2.24, 2.45) is 0 Å². The van der Waals surface area contributed by atoms with E-state index in [-0.39, 0.29) is 12.5 Å². The topological polar surface area (TPSA) is 49.8 Å². The first-order valence-electron chi connectivity index (χ1n) is 6.73. The second-order valence-electron chi connectivity index (χ2n) is 4.99. The van der Waals surface area contributed by atoms with E-state index >= 15 is 0 Å². The molecule has 1 unspecified atom stereocenters. The quantitative estimate of drug-likeness (QED) is 0.782. The highest BCUT2D eigenvalue weighted by atomic mass is 16.5. The summed E-state index contributed by atoms with van der Waals surface area (Å²) < 4.78 is 5.15. The lowest BCUT2D eigenvalue weighted by atomic mass is 10.0. The summed E-state index contributed by atoms with van der Waals surface area (Å²) >= 11 is 0. The van der Waals surface area contributed by atoms with Crippen molar-refractivity contribution in [2.45, 2.75) is 31.3 Å². The Labute approximate surface area is 114 Å². The average molecular weight is 263 g/mol. The molecule has 1 N–H and O–H groups in total. The third-order valence-corrected chi connectivity index (χ3v) is 3.52. The first kappa shape index (κ1) is 14.0. The maximum absolute atomic E-state index is 11.1. The minimum Gasteiger partial charge on any atom is -0.481 e. The lowest BCUT2D eigenvalue weighted by Crippen LogP contribution is -2.35. The Balaban J connectivity index is 2.16. The zero-order valence-corrected chi connectivity index (χ0v) is 11.3. The van der Waals surface area contributed by atoms with Gasteiger partial charge in [-0.3, -0.25) is 9.69 Å². The van der Waals surface area contributed by atoms with Gasteiger partial charge in [0.1, 0.15) is 0 Å². The number of hydrogen-bond acceptors (Lipinski definition) is 3. The molecule has 0 heterocycles. The maximum Gasteiger partial charge on any atom is 0.305 e.